The quantitative estimate of drug-likeness (QED) is 0.686. The predicted octanol–water partition coefficient (Wildman–Crippen LogP) is 5.64. The van der Waals surface area contributed by atoms with Crippen molar-refractivity contribution in [3.63, 3.8) is 0 Å². The average molecular weight is 310 g/mol. The molecule has 2 aromatic rings. The van der Waals surface area contributed by atoms with Gasteiger partial charge in [0.25, 0.3) is 0 Å². The summed E-state index contributed by atoms with van der Waals surface area (Å²) in [5.41, 5.74) is 1.14. The molecule has 1 aliphatic rings. The highest BCUT2D eigenvalue weighted by atomic mass is 16.5. The Morgan fingerprint density at radius 3 is 2.43 bits per heavy atom. The Bertz CT molecular complexity index is 689. The summed E-state index contributed by atoms with van der Waals surface area (Å²) in [7, 11) is 0. The molecule has 23 heavy (non-hydrogen) atoms. The summed E-state index contributed by atoms with van der Waals surface area (Å²) in [6, 6.07) is 11.8. The van der Waals surface area contributed by atoms with Crippen molar-refractivity contribution in [2.45, 2.75) is 52.6 Å². The Morgan fingerprint density at radius 1 is 1.04 bits per heavy atom. The maximum Gasteiger partial charge on any atom is 0.150 e. The zero-order valence-corrected chi connectivity index (χ0v) is 14.3. The second-order valence-electron chi connectivity index (χ2n) is 7.81. The van der Waals surface area contributed by atoms with Gasteiger partial charge in [-0.25, -0.2) is 0 Å². The van der Waals surface area contributed by atoms with Crippen LogP contribution in [0.15, 0.2) is 36.4 Å². The molecule has 0 spiro atoms. The van der Waals surface area contributed by atoms with Crippen molar-refractivity contribution in [1.29, 1.82) is 0 Å². The summed E-state index contributed by atoms with van der Waals surface area (Å²) in [5, 5.41) is 2.06. The summed E-state index contributed by atoms with van der Waals surface area (Å²) in [4.78, 5) is 11.1. The Balaban J connectivity index is 1.70. The van der Waals surface area contributed by atoms with Gasteiger partial charge < -0.3 is 4.74 Å². The number of fused-ring (bicyclic) bond motifs is 1. The standard InChI is InChI=1S/C21H26O2/c1-21(2,3)17-7-9-18(10-8-17)23-19-11-12-20-15(13-19)5-4-6-16(20)14-22/h4-6,11-14,17-18H,7-10H2,1-3H3. The highest BCUT2D eigenvalue weighted by Crippen LogP contribution is 2.39. The summed E-state index contributed by atoms with van der Waals surface area (Å²) >= 11 is 0. The van der Waals surface area contributed by atoms with Crippen molar-refractivity contribution in [2.75, 3.05) is 0 Å². The Labute approximate surface area is 138 Å². The van der Waals surface area contributed by atoms with Gasteiger partial charge in [-0.1, -0.05) is 39.0 Å². The lowest BCUT2D eigenvalue weighted by molar-refractivity contribution is 0.0883. The monoisotopic (exact) mass is 310 g/mol. The molecule has 2 heteroatoms. The third-order valence-electron chi connectivity index (χ3n) is 5.21. The number of benzene rings is 2. The van der Waals surface area contributed by atoms with Crippen LogP contribution in [-0.2, 0) is 0 Å². The third-order valence-corrected chi connectivity index (χ3v) is 5.21. The minimum Gasteiger partial charge on any atom is -0.490 e. The highest BCUT2D eigenvalue weighted by Gasteiger charge is 2.30. The van der Waals surface area contributed by atoms with Gasteiger partial charge in [0.05, 0.1) is 6.10 Å². The number of hydrogen-bond donors (Lipinski definition) is 0. The van der Waals surface area contributed by atoms with Gasteiger partial charge >= 0.3 is 0 Å². The molecule has 0 saturated heterocycles. The molecule has 0 heterocycles. The molecule has 0 unspecified atom stereocenters. The summed E-state index contributed by atoms with van der Waals surface area (Å²) < 4.78 is 6.21. The second-order valence-corrected chi connectivity index (χ2v) is 7.81. The van der Waals surface area contributed by atoms with Crippen LogP contribution in [-0.4, -0.2) is 12.4 Å². The fourth-order valence-corrected chi connectivity index (χ4v) is 3.70. The molecule has 0 atom stereocenters. The minimum atomic E-state index is 0.320. The van der Waals surface area contributed by atoms with Gasteiger partial charge in [0.15, 0.2) is 6.29 Å². The number of rotatable bonds is 3. The van der Waals surface area contributed by atoms with Gasteiger partial charge in [0, 0.05) is 5.56 Å². The normalized spacial score (nSPS) is 22.0. The number of aldehydes is 1. The Kier molecular flexibility index (Phi) is 4.43. The van der Waals surface area contributed by atoms with Crippen LogP contribution in [0.4, 0.5) is 0 Å². The fraction of sp³-hybridized carbons (Fsp3) is 0.476. The van der Waals surface area contributed by atoms with Crippen LogP contribution < -0.4 is 4.74 Å². The molecular weight excluding hydrogens is 284 g/mol. The molecule has 0 amide bonds. The first-order valence-electron chi connectivity index (χ1n) is 8.62. The lowest BCUT2D eigenvalue weighted by Gasteiger charge is -2.37. The summed E-state index contributed by atoms with van der Waals surface area (Å²) in [5.74, 6) is 1.72. The van der Waals surface area contributed by atoms with Crippen LogP contribution in [0.25, 0.3) is 10.8 Å². The average Bonchev–Trinajstić information content (AvgIpc) is 2.53. The van der Waals surface area contributed by atoms with Crippen LogP contribution in [0, 0.1) is 11.3 Å². The van der Waals surface area contributed by atoms with E-state index in [0.717, 1.165) is 47.1 Å². The molecule has 0 aromatic heterocycles. The summed E-state index contributed by atoms with van der Waals surface area (Å²) in [6.45, 7) is 7.02. The van der Waals surface area contributed by atoms with E-state index in [1.54, 1.807) is 0 Å². The van der Waals surface area contributed by atoms with Crippen molar-refractivity contribution >= 4 is 17.1 Å². The first-order chi connectivity index (χ1) is 11.0. The van der Waals surface area contributed by atoms with E-state index in [2.05, 4.69) is 26.8 Å². The Hall–Kier alpha value is -1.83. The van der Waals surface area contributed by atoms with Gasteiger partial charge in [-0.2, -0.15) is 0 Å². The van der Waals surface area contributed by atoms with Crippen molar-refractivity contribution in [1.82, 2.24) is 0 Å². The maximum atomic E-state index is 11.1. The molecule has 0 radical (unpaired) electrons. The van der Waals surface area contributed by atoms with E-state index in [4.69, 9.17) is 4.74 Å². The smallest absolute Gasteiger partial charge is 0.150 e. The molecule has 0 aliphatic heterocycles. The molecule has 1 fully saturated rings. The van der Waals surface area contributed by atoms with Crippen molar-refractivity contribution < 1.29 is 9.53 Å². The van der Waals surface area contributed by atoms with Crippen LogP contribution in [0.5, 0.6) is 5.75 Å². The molecule has 122 valence electrons. The topological polar surface area (TPSA) is 26.3 Å². The van der Waals surface area contributed by atoms with E-state index in [1.165, 1.54) is 12.8 Å². The number of carbonyl (C=O) groups excluding carboxylic acids is 1. The molecule has 0 N–H and O–H groups in total. The van der Waals surface area contributed by atoms with Crippen molar-refractivity contribution in [3.8, 4) is 5.75 Å². The van der Waals surface area contributed by atoms with Crippen LogP contribution in [0.1, 0.15) is 56.8 Å². The van der Waals surface area contributed by atoms with E-state index in [-0.39, 0.29) is 0 Å². The highest BCUT2D eigenvalue weighted by molar-refractivity contribution is 5.98. The maximum absolute atomic E-state index is 11.1. The molecule has 0 bridgehead atoms. The number of carbonyl (C=O) groups is 1. The van der Waals surface area contributed by atoms with Gasteiger partial charge in [0.1, 0.15) is 5.75 Å². The molecule has 1 aliphatic carbocycles. The van der Waals surface area contributed by atoms with Gasteiger partial charge in [-0.3, -0.25) is 4.79 Å². The molecule has 1 saturated carbocycles. The summed E-state index contributed by atoms with van der Waals surface area (Å²) in [6.07, 6.45) is 5.99. The van der Waals surface area contributed by atoms with E-state index >= 15 is 0 Å². The largest absolute Gasteiger partial charge is 0.490 e. The van der Waals surface area contributed by atoms with Gasteiger partial charge in [-0.15, -0.1) is 0 Å². The van der Waals surface area contributed by atoms with Gasteiger partial charge in [0.2, 0.25) is 0 Å². The lowest BCUT2D eigenvalue weighted by Crippen LogP contribution is -2.30. The SMILES string of the molecule is CC(C)(C)C1CCC(Oc2ccc3c(C=O)cccc3c2)CC1. The first kappa shape index (κ1) is 16.0. The predicted molar refractivity (Wildman–Crippen MR) is 95.2 cm³/mol. The number of hydrogen-bond acceptors (Lipinski definition) is 2. The molecule has 3 rings (SSSR count). The Morgan fingerprint density at radius 2 is 1.78 bits per heavy atom. The molecule has 2 nitrogen and oxygen atoms in total. The fourth-order valence-electron chi connectivity index (χ4n) is 3.70. The van der Waals surface area contributed by atoms with E-state index in [9.17, 15) is 4.79 Å². The van der Waals surface area contributed by atoms with Crippen LogP contribution >= 0.6 is 0 Å². The van der Waals surface area contributed by atoms with Crippen LogP contribution in [0.2, 0.25) is 0 Å². The first-order valence-corrected chi connectivity index (χ1v) is 8.62. The third kappa shape index (κ3) is 3.57. The molecule has 2 aromatic carbocycles. The second kappa shape index (κ2) is 6.35. The van der Waals surface area contributed by atoms with Crippen molar-refractivity contribution in [2.24, 2.45) is 11.3 Å². The van der Waals surface area contributed by atoms with E-state index in [0.29, 0.717) is 11.5 Å². The molecular formula is C21H26O2. The van der Waals surface area contributed by atoms with Gasteiger partial charge in [-0.05, 0) is 66.0 Å². The minimum absolute atomic E-state index is 0.320. The zero-order valence-electron chi connectivity index (χ0n) is 14.3. The van der Waals surface area contributed by atoms with E-state index in [1.807, 2.05) is 30.3 Å². The zero-order chi connectivity index (χ0) is 16.4. The van der Waals surface area contributed by atoms with E-state index < -0.39 is 0 Å². The lowest BCUT2D eigenvalue weighted by atomic mass is 9.72. The number of ether oxygens (including phenoxy) is 1. The van der Waals surface area contributed by atoms with Crippen LogP contribution in [0.3, 0.4) is 0 Å². The van der Waals surface area contributed by atoms with Crippen molar-refractivity contribution in [3.05, 3.63) is 42.0 Å².